The number of nitrogens with one attached hydrogen (secondary N) is 1. The predicted molar refractivity (Wildman–Crippen MR) is 66.8 cm³/mol. The van der Waals surface area contributed by atoms with E-state index < -0.39 is 27.5 Å². The Morgan fingerprint density at radius 3 is 2.72 bits per heavy atom. The van der Waals surface area contributed by atoms with Gasteiger partial charge >= 0.3 is 0 Å². The van der Waals surface area contributed by atoms with Crippen molar-refractivity contribution in [2.75, 3.05) is 16.8 Å². The van der Waals surface area contributed by atoms with Crippen molar-refractivity contribution in [2.24, 2.45) is 5.92 Å². The predicted octanol–water partition coefficient (Wildman–Crippen LogP) is 1.85. The van der Waals surface area contributed by atoms with Crippen molar-refractivity contribution in [2.45, 2.75) is 6.42 Å². The fourth-order valence-corrected chi connectivity index (χ4v) is 3.78. The minimum atomic E-state index is -3.10. The van der Waals surface area contributed by atoms with Gasteiger partial charge in [-0.1, -0.05) is 11.6 Å². The van der Waals surface area contributed by atoms with E-state index in [0.29, 0.717) is 6.42 Å². The van der Waals surface area contributed by atoms with Gasteiger partial charge in [0.25, 0.3) is 0 Å². The molecule has 1 fully saturated rings. The van der Waals surface area contributed by atoms with E-state index in [-0.39, 0.29) is 22.2 Å². The van der Waals surface area contributed by atoms with Crippen LogP contribution < -0.4 is 5.32 Å². The molecular weight excluding hydrogens is 281 g/mol. The minimum Gasteiger partial charge on any atom is -0.324 e. The fraction of sp³-hybridized carbons (Fsp3) is 0.364. The molecule has 1 aromatic carbocycles. The monoisotopic (exact) mass is 291 g/mol. The first-order valence-corrected chi connectivity index (χ1v) is 7.54. The molecule has 1 aliphatic heterocycles. The van der Waals surface area contributed by atoms with Crippen LogP contribution in [-0.4, -0.2) is 25.8 Å². The van der Waals surface area contributed by atoms with Crippen LogP contribution in [0.5, 0.6) is 0 Å². The third-order valence-corrected chi connectivity index (χ3v) is 4.87. The molecule has 4 nitrogen and oxygen atoms in total. The lowest BCUT2D eigenvalue weighted by Crippen LogP contribution is -2.23. The zero-order chi connectivity index (χ0) is 13.3. The first-order valence-electron chi connectivity index (χ1n) is 5.34. The van der Waals surface area contributed by atoms with Gasteiger partial charge in [-0.05, 0) is 24.6 Å². The average Bonchev–Trinajstić information content (AvgIpc) is 2.63. The number of carbonyl (C=O) groups is 1. The second-order valence-electron chi connectivity index (χ2n) is 4.21. The van der Waals surface area contributed by atoms with Crippen molar-refractivity contribution in [3.63, 3.8) is 0 Å². The number of halogens is 2. The molecular formula is C11H11ClFNO3S. The summed E-state index contributed by atoms with van der Waals surface area (Å²) >= 11 is 5.76. The van der Waals surface area contributed by atoms with Crippen LogP contribution in [0.3, 0.4) is 0 Å². The van der Waals surface area contributed by atoms with Gasteiger partial charge in [0.1, 0.15) is 5.82 Å². The minimum absolute atomic E-state index is 0.0300. The molecule has 98 valence electrons. The summed E-state index contributed by atoms with van der Waals surface area (Å²) in [4.78, 5) is 11.8. The smallest absolute Gasteiger partial charge is 0.228 e. The standard InChI is InChI=1S/C11H11ClFNO3S/c12-9-5-8(13)1-2-10(9)14-11(15)7-3-4-18(16,17)6-7/h1-2,5,7H,3-4,6H2,(H,14,15). The number of benzene rings is 1. The Balaban J connectivity index is 2.08. The molecule has 1 atom stereocenters. The number of amides is 1. The summed E-state index contributed by atoms with van der Waals surface area (Å²) in [5, 5.41) is 2.60. The summed E-state index contributed by atoms with van der Waals surface area (Å²) < 4.78 is 35.3. The van der Waals surface area contributed by atoms with Gasteiger partial charge < -0.3 is 5.32 Å². The zero-order valence-electron chi connectivity index (χ0n) is 9.32. The van der Waals surface area contributed by atoms with Crippen molar-refractivity contribution in [3.8, 4) is 0 Å². The molecule has 1 unspecified atom stereocenters. The summed E-state index contributed by atoms with van der Waals surface area (Å²) in [6, 6.07) is 3.61. The van der Waals surface area contributed by atoms with Crippen molar-refractivity contribution in [3.05, 3.63) is 29.0 Å². The van der Waals surface area contributed by atoms with Gasteiger partial charge in [-0.15, -0.1) is 0 Å². The Hall–Kier alpha value is -1.14. The lowest BCUT2D eigenvalue weighted by Gasteiger charge is -2.10. The number of hydrogen-bond acceptors (Lipinski definition) is 3. The molecule has 0 bridgehead atoms. The van der Waals surface area contributed by atoms with Gasteiger partial charge in [-0.25, -0.2) is 12.8 Å². The van der Waals surface area contributed by atoms with Gasteiger partial charge in [0.15, 0.2) is 9.84 Å². The second kappa shape index (κ2) is 4.85. The molecule has 0 spiro atoms. The quantitative estimate of drug-likeness (QED) is 0.904. The first-order chi connectivity index (χ1) is 8.37. The summed E-state index contributed by atoms with van der Waals surface area (Å²) in [6.45, 7) is 0. The van der Waals surface area contributed by atoms with Crippen LogP contribution in [-0.2, 0) is 14.6 Å². The van der Waals surface area contributed by atoms with Crippen LogP contribution >= 0.6 is 11.6 Å². The molecule has 1 heterocycles. The zero-order valence-corrected chi connectivity index (χ0v) is 10.9. The molecule has 1 aromatic rings. The summed E-state index contributed by atoms with van der Waals surface area (Å²) in [5.74, 6) is -1.57. The summed E-state index contributed by atoms with van der Waals surface area (Å²) in [6.07, 6.45) is 0.312. The maximum Gasteiger partial charge on any atom is 0.228 e. The molecule has 7 heteroatoms. The number of hydrogen-bond donors (Lipinski definition) is 1. The topological polar surface area (TPSA) is 63.2 Å². The van der Waals surface area contributed by atoms with Gasteiger partial charge in [0.05, 0.1) is 28.1 Å². The molecule has 0 aromatic heterocycles. The Morgan fingerprint density at radius 1 is 1.44 bits per heavy atom. The van der Waals surface area contributed by atoms with E-state index in [4.69, 9.17) is 11.6 Å². The third-order valence-electron chi connectivity index (χ3n) is 2.79. The molecule has 1 N–H and O–H groups in total. The number of anilines is 1. The maximum absolute atomic E-state index is 12.8. The lowest BCUT2D eigenvalue weighted by molar-refractivity contribution is -0.119. The highest BCUT2D eigenvalue weighted by atomic mass is 35.5. The van der Waals surface area contributed by atoms with E-state index in [2.05, 4.69) is 5.32 Å². The molecule has 2 rings (SSSR count). The van der Waals surface area contributed by atoms with Crippen molar-refractivity contribution in [1.29, 1.82) is 0 Å². The fourth-order valence-electron chi connectivity index (χ4n) is 1.83. The third kappa shape index (κ3) is 3.00. The molecule has 0 radical (unpaired) electrons. The highest BCUT2D eigenvalue weighted by Crippen LogP contribution is 2.25. The van der Waals surface area contributed by atoms with Crippen molar-refractivity contribution >= 4 is 33.0 Å². The van der Waals surface area contributed by atoms with E-state index in [1.54, 1.807) is 0 Å². The first kappa shape index (κ1) is 13.3. The van der Waals surface area contributed by atoms with E-state index in [9.17, 15) is 17.6 Å². The largest absolute Gasteiger partial charge is 0.324 e. The summed E-state index contributed by atoms with van der Waals surface area (Å²) in [7, 11) is -3.10. The molecule has 18 heavy (non-hydrogen) atoms. The average molecular weight is 292 g/mol. The Bertz CT molecular complexity index is 588. The van der Waals surface area contributed by atoms with E-state index >= 15 is 0 Å². The van der Waals surface area contributed by atoms with Crippen LogP contribution in [0, 0.1) is 11.7 Å². The molecule has 0 aliphatic carbocycles. The number of sulfone groups is 1. The van der Waals surface area contributed by atoms with Crippen molar-refractivity contribution < 1.29 is 17.6 Å². The molecule has 1 amide bonds. The molecule has 1 aliphatic rings. The van der Waals surface area contributed by atoms with Crippen LogP contribution in [0.15, 0.2) is 18.2 Å². The normalized spacial score (nSPS) is 21.8. The van der Waals surface area contributed by atoms with Crippen LogP contribution in [0.4, 0.5) is 10.1 Å². The lowest BCUT2D eigenvalue weighted by atomic mass is 10.1. The van der Waals surface area contributed by atoms with E-state index in [0.717, 1.165) is 6.07 Å². The SMILES string of the molecule is O=C(Nc1ccc(F)cc1Cl)C1CCS(=O)(=O)C1. The van der Waals surface area contributed by atoms with Crippen molar-refractivity contribution in [1.82, 2.24) is 0 Å². The maximum atomic E-state index is 12.8. The molecule has 0 saturated carbocycles. The van der Waals surface area contributed by atoms with E-state index in [1.165, 1.54) is 12.1 Å². The second-order valence-corrected chi connectivity index (χ2v) is 6.85. The van der Waals surface area contributed by atoms with Crippen LogP contribution in [0.2, 0.25) is 5.02 Å². The highest BCUT2D eigenvalue weighted by Gasteiger charge is 2.33. The molecule has 1 saturated heterocycles. The van der Waals surface area contributed by atoms with E-state index in [1.807, 2.05) is 0 Å². The Labute approximate surface area is 109 Å². The Kier molecular flexibility index (Phi) is 3.59. The van der Waals surface area contributed by atoms with Gasteiger partial charge in [0, 0.05) is 0 Å². The van der Waals surface area contributed by atoms with Crippen LogP contribution in [0.1, 0.15) is 6.42 Å². The number of carbonyl (C=O) groups excluding carboxylic acids is 1. The van der Waals surface area contributed by atoms with Gasteiger partial charge in [-0.2, -0.15) is 0 Å². The van der Waals surface area contributed by atoms with Crippen LogP contribution in [0.25, 0.3) is 0 Å². The van der Waals surface area contributed by atoms with Gasteiger partial charge in [-0.3, -0.25) is 4.79 Å². The number of rotatable bonds is 2. The summed E-state index contributed by atoms with van der Waals surface area (Å²) in [5.41, 5.74) is 0.285. The van der Waals surface area contributed by atoms with Gasteiger partial charge in [0.2, 0.25) is 5.91 Å². The Morgan fingerprint density at radius 2 is 2.17 bits per heavy atom. The highest BCUT2D eigenvalue weighted by molar-refractivity contribution is 7.91.